The second-order valence-electron chi connectivity index (χ2n) is 6.34. The van der Waals surface area contributed by atoms with Crippen molar-refractivity contribution in [1.29, 1.82) is 0 Å². The molecule has 6 nitrogen and oxygen atoms in total. The number of carbonyl (C=O) groups is 1. The van der Waals surface area contributed by atoms with E-state index in [1.54, 1.807) is 7.11 Å². The molecule has 6 heteroatoms. The predicted octanol–water partition coefficient (Wildman–Crippen LogP) is 2.16. The Morgan fingerprint density at radius 2 is 2.35 bits per heavy atom. The van der Waals surface area contributed by atoms with E-state index in [2.05, 4.69) is 5.16 Å². The fourth-order valence-electron chi connectivity index (χ4n) is 3.79. The molecule has 1 spiro atoms. The lowest BCUT2D eigenvalue weighted by Gasteiger charge is -2.33. The molecule has 2 aliphatic heterocycles. The Labute approximate surface area is 134 Å². The topological polar surface area (TPSA) is 64.8 Å². The number of nitrogens with zero attached hydrogens (tertiary/aromatic N) is 2. The van der Waals surface area contributed by atoms with Crippen LogP contribution >= 0.6 is 0 Å². The molecule has 0 saturated carbocycles. The lowest BCUT2D eigenvalue weighted by molar-refractivity contribution is -0.134. The number of likely N-dealkylation sites (tertiary alicyclic amines) is 1. The molecule has 3 heterocycles. The molecule has 2 fully saturated rings. The number of hydrogen-bond donors (Lipinski definition) is 0. The maximum Gasteiger partial charge on any atom is 0.229 e. The van der Waals surface area contributed by atoms with Gasteiger partial charge in [-0.05, 0) is 37.5 Å². The van der Waals surface area contributed by atoms with Crippen LogP contribution in [0.2, 0.25) is 0 Å². The van der Waals surface area contributed by atoms with Gasteiger partial charge in [0.2, 0.25) is 5.91 Å². The van der Waals surface area contributed by atoms with Crippen LogP contribution in [0.4, 0.5) is 0 Å². The minimum atomic E-state index is -0.0890. The van der Waals surface area contributed by atoms with Crippen LogP contribution in [0.3, 0.4) is 0 Å². The van der Waals surface area contributed by atoms with Crippen LogP contribution in [0.25, 0.3) is 11.0 Å². The van der Waals surface area contributed by atoms with Crippen molar-refractivity contribution in [2.75, 3.05) is 26.9 Å². The van der Waals surface area contributed by atoms with E-state index in [0.717, 1.165) is 43.5 Å². The molecule has 1 atom stereocenters. The van der Waals surface area contributed by atoms with Crippen molar-refractivity contribution >= 4 is 16.9 Å². The summed E-state index contributed by atoms with van der Waals surface area (Å²) in [5.74, 6) is 0.835. The van der Waals surface area contributed by atoms with Crippen LogP contribution in [0.15, 0.2) is 22.7 Å². The lowest BCUT2D eigenvalue weighted by Crippen LogP contribution is -2.48. The molecular formula is C17H20N2O4. The Bertz CT molecular complexity index is 728. The number of aromatic nitrogens is 1. The van der Waals surface area contributed by atoms with Crippen LogP contribution in [-0.4, -0.2) is 48.4 Å². The zero-order chi connectivity index (χ0) is 15.9. The van der Waals surface area contributed by atoms with Crippen molar-refractivity contribution < 1.29 is 18.8 Å². The van der Waals surface area contributed by atoms with E-state index < -0.39 is 0 Å². The number of carbonyl (C=O) groups excluding carboxylic acids is 1. The first-order valence-corrected chi connectivity index (χ1v) is 8.02. The summed E-state index contributed by atoms with van der Waals surface area (Å²) in [7, 11) is 1.62. The van der Waals surface area contributed by atoms with Gasteiger partial charge in [-0.1, -0.05) is 5.16 Å². The Morgan fingerprint density at radius 3 is 3.13 bits per heavy atom. The van der Waals surface area contributed by atoms with E-state index in [-0.39, 0.29) is 17.9 Å². The Morgan fingerprint density at radius 1 is 1.43 bits per heavy atom. The largest absolute Gasteiger partial charge is 0.497 e. The van der Waals surface area contributed by atoms with Crippen LogP contribution in [0.5, 0.6) is 5.75 Å². The molecule has 1 amide bonds. The van der Waals surface area contributed by atoms with Gasteiger partial charge < -0.3 is 18.9 Å². The summed E-state index contributed by atoms with van der Waals surface area (Å²) in [6.07, 6.45) is 3.27. The van der Waals surface area contributed by atoms with Crippen LogP contribution in [-0.2, 0) is 16.0 Å². The van der Waals surface area contributed by atoms with Crippen molar-refractivity contribution in [2.24, 2.45) is 0 Å². The molecule has 1 aromatic heterocycles. The van der Waals surface area contributed by atoms with Gasteiger partial charge in [0, 0.05) is 18.5 Å². The first-order valence-electron chi connectivity index (χ1n) is 8.02. The van der Waals surface area contributed by atoms with E-state index in [0.29, 0.717) is 17.9 Å². The molecule has 2 saturated heterocycles. The number of rotatable bonds is 3. The average molecular weight is 316 g/mol. The van der Waals surface area contributed by atoms with E-state index in [4.69, 9.17) is 14.0 Å². The second kappa shape index (κ2) is 5.53. The Kier molecular flexibility index (Phi) is 3.49. The average Bonchev–Trinajstić information content (AvgIpc) is 3.29. The van der Waals surface area contributed by atoms with Gasteiger partial charge in [-0.3, -0.25) is 4.79 Å². The third-order valence-electron chi connectivity index (χ3n) is 5.05. The van der Waals surface area contributed by atoms with Crippen molar-refractivity contribution in [3.8, 4) is 5.75 Å². The number of fused-ring (bicyclic) bond motifs is 1. The first kappa shape index (κ1) is 14.5. The molecule has 23 heavy (non-hydrogen) atoms. The molecule has 0 N–H and O–H groups in total. The Balaban J connectivity index is 1.59. The molecule has 1 unspecified atom stereocenters. The van der Waals surface area contributed by atoms with Crippen LogP contribution < -0.4 is 4.74 Å². The zero-order valence-corrected chi connectivity index (χ0v) is 13.2. The summed E-state index contributed by atoms with van der Waals surface area (Å²) in [4.78, 5) is 14.8. The normalized spacial score (nSPS) is 24.0. The molecule has 0 aliphatic carbocycles. The maximum absolute atomic E-state index is 12.8. The Hall–Kier alpha value is -2.08. The summed E-state index contributed by atoms with van der Waals surface area (Å²) in [6, 6.07) is 5.51. The van der Waals surface area contributed by atoms with E-state index >= 15 is 0 Å². The quantitative estimate of drug-likeness (QED) is 0.868. The number of benzene rings is 1. The van der Waals surface area contributed by atoms with E-state index in [1.165, 1.54) is 0 Å². The highest BCUT2D eigenvalue weighted by Gasteiger charge is 2.46. The van der Waals surface area contributed by atoms with Gasteiger partial charge in [-0.25, -0.2) is 0 Å². The molecular weight excluding hydrogens is 296 g/mol. The van der Waals surface area contributed by atoms with Crippen molar-refractivity contribution in [2.45, 2.75) is 31.2 Å². The fraction of sp³-hybridized carbons (Fsp3) is 0.529. The van der Waals surface area contributed by atoms with E-state index in [9.17, 15) is 4.79 Å². The number of amides is 1. The summed E-state index contributed by atoms with van der Waals surface area (Å²) in [6.45, 7) is 2.21. The predicted molar refractivity (Wildman–Crippen MR) is 83.4 cm³/mol. The van der Waals surface area contributed by atoms with Gasteiger partial charge in [0.05, 0.1) is 25.7 Å². The molecule has 2 aliphatic rings. The van der Waals surface area contributed by atoms with Crippen molar-refractivity contribution in [3.63, 3.8) is 0 Å². The SMILES string of the molecule is COc1ccc2onc(CC(=O)N3CCCC34CCOC4)c2c1. The standard InChI is InChI=1S/C17H20N2O4/c1-21-12-3-4-15-13(9-12)14(18-23-15)10-16(20)19-7-2-5-17(19)6-8-22-11-17/h3-4,9H,2,5-8,10-11H2,1H3. The van der Waals surface area contributed by atoms with Gasteiger partial charge in [-0.15, -0.1) is 0 Å². The molecule has 2 aromatic rings. The second-order valence-corrected chi connectivity index (χ2v) is 6.34. The minimum absolute atomic E-state index is 0.0890. The third-order valence-corrected chi connectivity index (χ3v) is 5.05. The molecule has 1 aromatic carbocycles. The number of ether oxygens (including phenoxy) is 2. The first-order chi connectivity index (χ1) is 11.2. The van der Waals surface area contributed by atoms with Crippen LogP contribution in [0, 0.1) is 0 Å². The highest BCUT2D eigenvalue weighted by Crippen LogP contribution is 2.37. The number of hydrogen-bond acceptors (Lipinski definition) is 5. The maximum atomic E-state index is 12.8. The molecule has 4 rings (SSSR count). The third kappa shape index (κ3) is 2.37. The monoisotopic (exact) mass is 316 g/mol. The summed E-state index contributed by atoms with van der Waals surface area (Å²) >= 11 is 0. The molecule has 122 valence electrons. The van der Waals surface area contributed by atoms with Gasteiger partial charge in [-0.2, -0.15) is 0 Å². The lowest BCUT2D eigenvalue weighted by atomic mass is 9.95. The summed E-state index contributed by atoms with van der Waals surface area (Å²) in [5, 5.41) is 4.93. The molecule has 0 radical (unpaired) electrons. The van der Waals surface area contributed by atoms with Gasteiger partial charge in [0.1, 0.15) is 11.4 Å². The summed E-state index contributed by atoms with van der Waals surface area (Å²) < 4.78 is 16.1. The zero-order valence-electron chi connectivity index (χ0n) is 13.2. The van der Waals surface area contributed by atoms with E-state index in [1.807, 2.05) is 23.1 Å². The highest BCUT2D eigenvalue weighted by molar-refractivity contribution is 5.87. The van der Waals surface area contributed by atoms with Crippen molar-refractivity contribution in [1.82, 2.24) is 10.1 Å². The van der Waals surface area contributed by atoms with Crippen LogP contribution in [0.1, 0.15) is 25.0 Å². The van der Waals surface area contributed by atoms with Crippen molar-refractivity contribution in [3.05, 3.63) is 23.9 Å². The smallest absolute Gasteiger partial charge is 0.229 e. The fourth-order valence-corrected chi connectivity index (χ4v) is 3.79. The summed E-state index contributed by atoms with van der Waals surface area (Å²) in [5.41, 5.74) is 1.26. The highest BCUT2D eigenvalue weighted by atomic mass is 16.5. The van der Waals surface area contributed by atoms with Gasteiger partial charge in [0.15, 0.2) is 5.58 Å². The van der Waals surface area contributed by atoms with Gasteiger partial charge in [0.25, 0.3) is 0 Å². The molecule has 0 bridgehead atoms. The van der Waals surface area contributed by atoms with Gasteiger partial charge >= 0.3 is 0 Å². The minimum Gasteiger partial charge on any atom is -0.497 e. The number of methoxy groups -OCH3 is 1.